The van der Waals surface area contributed by atoms with Gasteiger partial charge in [0.15, 0.2) is 0 Å². The van der Waals surface area contributed by atoms with Crippen LogP contribution in [0.25, 0.3) is 0 Å². The van der Waals surface area contributed by atoms with Gasteiger partial charge in [0, 0.05) is 5.54 Å². The maximum atomic E-state index is 6.20. The first-order valence-electron chi connectivity index (χ1n) is 5.72. The molecular weight excluding hydrogens is 222 g/mol. The highest BCUT2D eigenvalue weighted by Gasteiger charge is 2.38. The van der Waals surface area contributed by atoms with Crippen molar-refractivity contribution >= 4 is 11.6 Å². The number of hydrogen-bond acceptors (Lipinski definition) is 2. The summed E-state index contributed by atoms with van der Waals surface area (Å²) in [4.78, 5) is 0. The fourth-order valence-corrected chi connectivity index (χ4v) is 2.39. The van der Waals surface area contributed by atoms with Crippen molar-refractivity contribution in [2.24, 2.45) is 5.73 Å². The molecule has 88 valence electrons. The second-order valence-corrected chi connectivity index (χ2v) is 5.07. The lowest BCUT2D eigenvalue weighted by molar-refractivity contribution is 0.410. The second-order valence-electron chi connectivity index (χ2n) is 4.66. The molecule has 1 aliphatic rings. The van der Waals surface area contributed by atoms with E-state index in [1.807, 2.05) is 6.07 Å². The van der Waals surface area contributed by atoms with Crippen molar-refractivity contribution in [2.75, 3.05) is 7.11 Å². The van der Waals surface area contributed by atoms with Gasteiger partial charge in [0.2, 0.25) is 0 Å². The Hall–Kier alpha value is -0.730. The lowest BCUT2D eigenvalue weighted by atomic mass is 10.0. The zero-order valence-corrected chi connectivity index (χ0v) is 10.6. The van der Waals surface area contributed by atoms with Gasteiger partial charge >= 0.3 is 0 Å². The number of aryl methyl sites for hydroxylation is 1. The summed E-state index contributed by atoms with van der Waals surface area (Å²) in [5, 5.41) is 0.695. The van der Waals surface area contributed by atoms with E-state index in [1.54, 1.807) is 7.11 Å². The van der Waals surface area contributed by atoms with Crippen LogP contribution in [0.5, 0.6) is 5.75 Å². The van der Waals surface area contributed by atoms with E-state index in [-0.39, 0.29) is 5.54 Å². The molecule has 0 amide bonds. The molecule has 0 unspecified atom stereocenters. The van der Waals surface area contributed by atoms with E-state index in [9.17, 15) is 0 Å². The van der Waals surface area contributed by atoms with E-state index < -0.39 is 0 Å². The van der Waals surface area contributed by atoms with Crippen molar-refractivity contribution in [1.29, 1.82) is 0 Å². The lowest BCUT2D eigenvalue weighted by Crippen LogP contribution is -2.24. The van der Waals surface area contributed by atoms with Gasteiger partial charge in [-0.25, -0.2) is 0 Å². The van der Waals surface area contributed by atoms with Crippen LogP contribution in [-0.4, -0.2) is 12.6 Å². The summed E-state index contributed by atoms with van der Waals surface area (Å²) in [7, 11) is 1.66. The van der Waals surface area contributed by atoms with Crippen molar-refractivity contribution in [2.45, 2.75) is 38.1 Å². The SMILES string of the molecule is CCc1cc(CC2(N)CC2)cc(Cl)c1OC. The molecule has 0 radical (unpaired) electrons. The molecule has 0 aliphatic heterocycles. The number of benzene rings is 1. The van der Waals surface area contributed by atoms with Gasteiger partial charge in [0.05, 0.1) is 12.1 Å². The highest BCUT2D eigenvalue weighted by atomic mass is 35.5. The van der Waals surface area contributed by atoms with E-state index in [0.29, 0.717) is 5.02 Å². The fraction of sp³-hybridized carbons (Fsp3) is 0.538. The number of nitrogens with two attached hydrogens (primary N) is 1. The number of ether oxygens (including phenoxy) is 1. The summed E-state index contributed by atoms with van der Waals surface area (Å²) in [6.07, 6.45) is 4.09. The first-order valence-corrected chi connectivity index (χ1v) is 6.10. The van der Waals surface area contributed by atoms with E-state index in [4.69, 9.17) is 22.1 Å². The number of halogens is 1. The summed E-state index contributed by atoms with van der Waals surface area (Å²) >= 11 is 6.20. The largest absolute Gasteiger partial charge is 0.495 e. The van der Waals surface area contributed by atoms with Crippen LogP contribution in [0.3, 0.4) is 0 Å². The monoisotopic (exact) mass is 239 g/mol. The second kappa shape index (κ2) is 4.27. The molecule has 1 aromatic carbocycles. The van der Waals surface area contributed by atoms with Crippen LogP contribution in [0.15, 0.2) is 12.1 Å². The Morgan fingerprint density at radius 2 is 2.12 bits per heavy atom. The maximum Gasteiger partial charge on any atom is 0.140 e. The van der Waals surface area contributed by atoms with Crippen molar-refractivity contribution in [3.63, 3.8) is 0 Å². The third-order valence-electron chi connectivity index (χ3n) is 3.21. The Bertz CT molecular complexity index is 399. The van der Waals surface area contributed by atoms with Crippen molar-refractivity contribution in [3.05, 3.63) is 28.3 Å². The number of rotatable bonds is 4. The predicted molar refractivity (Wildman–Crippen MR) is 67.2 cm³/mol. The van der Waals surface area contributed by atoms with Gasteiger partial charge in [-0.05, 0) is 42.9 Å². The summed E-state index contributed by atoms with van der Waals surface area (Å²) in [6, 6.07) is 4.14. The quantitative estimate of drug-likeness (QED) is 0.877. The van der Waals surface area contributed by atoms with Crippen LogP contribution in [0, 0.1) is 0 Å². The molecule has 0 saturated heterocycles. The molecule has 3 heteroatoms. The van der Waals surface area contributed by atoms with Gasteiger partial charge < -0.3 is 10.5 Å². The Labute approximate surface area is 102 Å². The zero-order chi connectivity index (χ0) is 11.8. The van der Waals surface area contributed by atoms with Gasteiger partial charge in [0.1, 0.15) is 5.75 Å². The Morgan fingerprint density at radius 1 is 1.44 bits per heavy atom. The van der Waals surface area contributed by atoms with E-state index in [0.717, 1.165) is 37.0 Å². The van der Waals surface area contributed by atoms with Gasteiger partial charge in [-0.15, -0.1) is 0 Å². The standard InChI is InChI=1S/C13H18ClNO/c1-3-10-6-9(8-13(15)4-5-13)7-11(14)12(10)16-2/h6-7H,3-5,8,15H2,1-2H3. The first kappa shape index (κ1) is 11.7. The molecule has 0 bridgehead atoms. The van der Waals surface area contributed by atoms with Gasteiger partial charge in [0.25, 0.3) is 0 Å². The minimum atomic E-state index is 0.0307. The van der Waals surface area contributed by atoms with Gasteiger partial charge in [-0.3, -0.25) is 0 Å². The van der Waals surface area contributed by atoms with E-state index in [1.165, 1.54) is 5.56 Å². The van der Waals surface area contributed by atoms with Crippen LogP contribution in [-0.2, 0) is 12.8 Å². The molecule has 2 nitrogen and oxygen atoms in total. The molecule has 0 atom stereocenters. The molecule has 1 aliphatic carbocycles. The molecule has 16 heavy (non-hydrogen) atoms. The Kier molecular flexibility index (Phi) is 3.13. The number of methoxy groups -OCH3 is 1. The molecule has 0 spiro atoms. The molecular formula is C13H18ClNO. The van der Waals surface area contributed by atoms with Gasteiger partial charge in [-0.1, -0.05) is 24.6 Å². The van der Waals surface area contributed by atoms with Crippen molar-refractivity contribution in [1.82, 2.24) is 0 Å². The molecule has 1 fully saturated rings. The highest BCUT2D eigenvalue weighted by molar-refractivity contribution is 6.32. The Balaban J connectivity index is 2.30. The zero-order valence-electron chi connectivity index (χ0n) is 9.85. The lowest BCUT2D eigenvalue weighted by Gasteiger charge is -2.14. The summed E-state index contributed by atoms with van der Waals surface area (Å²) in [5.41, 5.74) is 8.53. The smallest absolute Gasteiger partial charge is 0.140 e. The fourth-order valence-electron chi connectivity index (χ4n) is 2.05. The topological polar surface area (TPSA) is 35.2 Å². The molecule has 1 saturated carbocycles. The number of hydrogen-bond donors (Lipinski definition) is 1. The first-order chi connectivity index (χ1) is 7.58. The van der Waals surface area contributed by atoms with Crippen LogP contribution in [0.4, 0.5) is 0 Å². The Morgan fingerprint density at radius 3 is 2.62 bits per heavy atom. The predicted octanol–water partition coefficient (Wildman–Crippen LogP) is 2.94. The van der Waals surface area contributed by atoms with Crippen LogP contribution >= 0.6 is 11.6 Å². The minimum absolute atomic E-state index is 0.0307. The molecule has 2 rings (SSSR count). The molecule has 1 aromatic rings. The third-order valence-corrected chi connectivity index (χ3v) is 3.49. The van der Waals surface area contributed by atoms with Crippen LogP contribution in [0.1, 0.15) is 30.9 Å². The van der Waals surface area contributed by atoms with Crippen LogP contribution < -0.4 is 10.5 Å². The van der Waals surface area contributed by atoms with E-state index >= 15 is 0 Å². The van der Waals surface area contributed by atoms with Gasteiger partial charge in [-0.2, -0.15) is 0 Å². The molecule has 0 heterocycles. The third kappa shape index (κ3) is 2.33. The average Bonchev–Trinajstić information content (AvgIpc) is 2.95. The summed E-state index contributed by atoms with van der Waals surface area (Å²) in [5.74, 6) is 0.801. The van der Waals surface area contributed by atoms with Crippen molar-refractivity contribution < 1.29 is 4.74 Å². The highest BCUT2D eigenvalue weighted by Crippen LogP contribution is 2.38. The normalized spacial score (nSPS) is 17.2. The van der Waals surface area contributed by atoms with E-state index in [2.05, 4.69) is 13.0 Å². The molecule has 2 N–H and O–H groups in total. The minimum Gasteiger partial charge on any atom is -0.495 e. The molecule has 0 aromatic heterocycles. The summed E-state index contributed by atoms with van der Waals surface area (Å²) in [6.45, 7) is 2.10. The van der Waals surface area contributed by atoms with Crippen LogP contribution in [0.2, 0.25) is 5.02 Å². The summed E-state index contributed by atoms with van der Waals surface area (Å²) < 4.78 is 5.30. The maximum absolute atomic E-state index is 6.20. The van der Waals surface area contributed by atoms with Crippen molar-refractivity contribution in [3.8, 4) is 5.75 Å². The average molecular weight is 240 g/mol.